The van der Waals surface area contributed by atoms with Gasteiger partial charge in [0.2, 0.25) is 11.8 Å². The molecule has 31 heavy (non-hydrogen) atoms. The van der Waals surface area contributed by atoms with Gasteiger partial charge in [-0.25, -0.2) is 0 Å². The van der Waals surface area contributed by atoms with E-state index in [1.165, 1.54) is 24.2 Å². The van der Waals surface area contributed by atoms with Crippen LogP contribution in [0.5, 0.6) is 0 Å². The smallest absolute Gasteiger partial charge is 0.233 e. The molecule has 1 saturated heterocycles. The molecule has 0 radical (unpaired) electrons. The third kappa shape index (κ3) is 7.69. The van der Waals surface area contributed by atoms with Gasteiger partial charge in [-0.1, -0.05) is 24.3 Å². The van der Waals surface area contributed by atoms with Gasteiger partial charge in [0.05, 0.1) is 5.25 Å². The number of piperazine rings is 1. The van der Waals surface area contributed by atoms with Gasteiger partial charge in [0, 0.05) is 56.8 Å². The third-order valence-electron chi connectivity index (χ3n) is 5.32. The monoisotopic (exact) mass is 440 g/mol. The molecule has 2 amide bonds. The van der Waals surface area contributed by atoms with Crippen LogP contribution in [0, 0.1) is 0 Å². The van der Waals surface area contributed by atoms with E-state index in [4.69, 9.17) is 0 Å². The fourth-order valence-corrected chi connectivity index (χ4v) is 4.40. The van der Waals surface area contributed by atoms with E-state index in [1.807, 2.05) is 31.2 Å². The number of benzene rings is 2. The van der Waals surface area contributed by atoms with Crippen molar-refractivity contribution in [1.82, 2.24) is 15.1 Å². The molecule has 0 aliphatic carbocycles. The summed E-state index contributed by atoms with van der Waals surface area (Å²) in [4.78, 5) is 29.5. The fraction of sp³-hybridized carbons (Fsp3) is 0.417. The van der Waals surface area contributed by atoms with E-state index in [-0.39, 0.29) is 17.1 Å². The van der Waals surface area contributed by atoms with E-state index in [9.17, 15) is 9.59 Å². The van der Waals surface area contributed by atoms with Crippen LogP contribution in [0.4, 0.5) is 5.69 Å². The molecule has 1 aliphatic heterocycles. The lowest BCUT2D eigenvalue weighted by atomic mass is 10.1. The van der Waals surface area contributed by atoms with Crippen molar-refractivity contribution < 1.29 is 9.59 Å². The Morgan fingerprint density at radius 3 is 2.39 bits per heavy atom. The number of anilines is 1. The number of nitrogens with one attached hydrogen (secondary N) is 2. The maximum atomic E-state index is 12.6. The summed E-state index contributed by atoms with van der Waals surface area (Å²) in [6, 6.07) is 16.0. The number of hydrogen-bond donors (Lipinski definition) is 2. The second-order valence-electron chi connectivity index (χ2n) is 8.08. The summed E-state index contributed by atoms with van der Waals surface area (Å²) in [6.07, 6.45) is 0. The normalized spacial score (nSPS) is 16.0. The third-order valence-corrected chi connectivity index (χ3v) is 6.43. The summed E-state index contributed by atoms with van der Waals surface area (Å²) in [5.74, 6) is -0.0823. The minimum absolute atomic E-state index is 0.0143. The Bertz CT molecular complexity index is 879. The zero-order valence-electron chi connectivity index (χ0n) is 18.6. The molecule has 0 spiro atoms. The van der Waals surface area contributed by atoms with Crippen molar-refractivity contribution in [3.05, 3.63) is 59.7 Å². The van der Waals surface area contributed by atoms with Crippen molar-refractivity contribution in [3.63, 3.8) is 0 Å². The second kappa shape index (κ2) is 11.3. The summed E-state index contributed by atoms with van der Waals surface area (Å²) < 4.78 is 0. The SMILES string of the molecule is CC(=O)Nc1ccc(SC(C)C(=O)NCc2cccc(CN3CCN(C)CC3)c2)cc1. The van der Waals surface area contributed by atoms with Crippen LogP contribution in [0.3, 0.4) is 0 Å². The number of nitrogens with zero attached hydrogens (tertiary/aromatic N) is 2. The van der Waals surface area contributed by atoms with Crippen molar-refractivity contribution in [3.8, 4) is 0 Å². The first kappa shape index (κ1) is 23.3. The quantitative estimate of drug-likeness (QED) is 0.617. The van der Waals surface area contributed by atoms with E-state index in [0.29, 0.717) is 6.54 Å². The lowest BCUT2D eigenvalue weighted by Gasteiger charge is -2.32. The predicted molar refractivity (Wildman–Crippen MR) is 127 cm³/mol. The molecule has 1 aliphatic rings. The van der Waals surface area contributed by atoms with Crippen LogP contribution in [0.1, 0.15) is 25.0 Å². The first-order chi connectivity index (χ1) is 14.9. The van der Waals surface area contributed by atoms with E-state index in [2.05, 4.69) is 51.7 Å². The highest BCUT2D eigenvalue weighted by Gasteiger charge is 2.15. The molecule has 0 aromatic heterocycles. The summed E-state index contributed by atoms with van der Waals surface area (Å²) in [6.45, 7) is 9.29. The molecule has 1 unspecified atom stereocenters. The van der Waals surface area contributed by atoms with Gasteiger partial charge in [0.15, 0.2) is 0 Å². The number of carbonyl (C=O) groups is 2. The first-order valence-corrected chi connectivity index (χ1v) is 11.6. The van der Waals surface area contributed by atoms with Gasteiger partial charge >= 0.3 is 0 Å². The van der Waals surface area contributed by atoms with Gasteiger partial charge in [0.25, 0.3) is 0 Å². The van der Waals surface area contributed by atoms with Gasteiger partial charge in [-0.15, -0.1) is 11.8 Å². The van der Waals surface area contributed by atoms with Crippen LogP contribution in [0.15, 0.2) is 53.4 Å². The molecule has 2 N–H and O–H groups in total. The number of hydrogen-bond acceptors (Lipinski definition) is 5. The fourth-order valence-electron chi connectivity index (χ4n) is 3.51. The Hall–Kier alpha value is -2.35. The highest BCUT2D eigenvalue weighted by atomic mass is 32.2. The van der Waals surface area contributed by atoms with Crippen LogP contribution in [-0.4, -0.2) is 60.1 Å². The molecule has 1 fully saturated rings. The van der Waals surface area contributed by atoms with Crippen LogP contribution in [0.2, 0.25) is 0 Å². The molecule has 166 valence electrons. The van der Waals surface area contributed by atoms with Gasteiger partial charge in [0.1, 0.15) is 0 Å². The van der Waals surface area contributed by atoms with Crippen LogP contribution >= 0.6 is 11.8 Å². The lowest BCUT2D eigenvalue weighted by molar-refractivity contribution is -0.120. The summed E-state index contributed by atoms with van der Waals surface area (Å²) in [5.41, 5.74) is 3.17. The molecular formula is C24H32N4O2S. The molecule has 1 heterocycles. The zero-order valence-corrected chi connectivity index (χ0v) is 19.4. The molecular weight excluding hydrogens is 408 g/mol. The second-order valence-corrected chi connectivity index (χ2v) is 9.50. The summed E-state index contributed by atoms with van der Waals surface area (Å²) >= 11 is 1.51. The van der Waals surface area contributed by atoms with Crippen LogP contribution < -0.4 is 10.6 Å². The number of carbonyl (C=O) groups excluding carboxylic acids is 2. The molecule has 6 nitrogen and oxygen atoms in total. The lowest BCUT2D eigenvalue weighted by Crippen LogP contribution is -2.43. The average Bonchev–Trinajstić information content (AvgIpc) is 2.75. The van der Waals surface area contributed by atoms with Crippen molar-refractivity contribution in [2.24, 2.45) is 0 Å². The molecule has 3 rings (SSSR count). The van der Waals surface area contributed by atoms with E-state index in [1.54, 1.807) is 0 Å². The summed E-state index contributed by atoms with van der Waals surface area (Å²) in [7, 11) is 2.17. The highest BCUT2D eigenvalue weighted by Crippen LogP contribution is 2.25. The molecule has 2 aromatic carbocycles. The largest absolute Gasteiger partial charge is 0.351 e. The van der Waals surface area contributed by atoms with Crippen molar-refractivity contribution in [2.45, 2.75) is 37.1 Å². The Labute approximate surface area is 189 Å². The topological polar surface area (TPSA) is 64.7 Å². The van der Waals surface area contributed by atoms with Crippen LogP contribution in [-0.2, 0) is 22.7 Å². The van der Waals surface area contributed by atoms with Crippen molar-refractivity contribution in [1.29, 1.82) is 0 Å². The molecule has 1 atom stereocenters. The van der Waals surface area contributed by atoms with Gasteiger partial charge in [-0.3, -0.25) is 14.5 Å². The average molecular weight is 441 g/mol. The molecule has 7 heteroatoms. The van der Waals surface area contributed by atoms with Crippen molar-refractivity contribution in [2.75, 3.05) is 38.5 Å². The maximum absolute atomic E-state index is 12.6. The van der Waals surface area contributed by atoms with Gasteiger partial charge in [-0.05, 0) is 49.4 Å². The number of likely N-dealkylation sites (N-methyl/N-ethyl adjacent to an activating group) is 1. The van der Waals surface area contributed by atoms with Crippen molar-refractivity contribution >= 4 is 29.3 Å². The Kier molecular flexibility index (Phi) is 8.51. The van der Waals surface area contributed by atoms with E-state index >= 15 is 0 Å². The summed E-state index contributed by atoms with van der Waals surface area (Å²) in [5, 5.41) is 5.59. The predicted octanol–water partition coefficient (Wildman–Crippen LogP) is 3.19. The van der Waals surface area contributed by atoms with E-state index < -0.39 is 0 Å². The first-order valence-electron chi connectivity index (χ1n) is 10.7. The Morgan fingerprint density at radius 1 is 1.03 bits per heavy atom. The minimum atomic E-state index is -0.208. The molecule has 2 aromatic rings. The standard InChI is InChI=1S/C24H32N4O2S/c1-18(31-23-9-7-22(8-10-23)26-19(2)29)24(30)25-16-20-5-4-6-21(15-20)17-28-13-11-27(3)12-14-28/h4-10,15,18H,11-14,16-17H2,1-3H3,(H,25,30)(H,26,29). The van der Waals surface area contributed by atoms with E-state index in [0.717, 1.165) is 48.9 Å². The Balaban J connectivity index is 1.46. The minimum Gasteiger partial charge on any atom is -0.351 e. The van der Waals surface area contributed by atoms with Crippen LogP contribution in [0.25, 0.3) is 0 Å². The zero-order chi connectivity index (χ0) is 22.2. The maximum Gasteiger partial charge on any atom is 0.233 e. The molecule has 0 saturated carbocycles. The van der Waals surface area contributed by atoms with Gasteiger partial charge in [-0.2, -0.15) is 0 Å². The number of amides is 2. The number of rotatable bonds is 8. The highest BCUT2D eigenvalue weighted by molar-refractivity contribution is 8.00. The number of thioether (sulfide) groups is 1. The van der Waals surface area contributed by atoms with Gasteiger partial charge < -0.3 is 15.5 Å². The Morgan fingerprint density at radius 2 is 1.71 bits per heavy atom. The molecule has 0 bridgehead atoms.